The zero-order chi connectivity index (χ0) is 12.7. The van der Waals surface area contributed by atoms with Crippen LogP contribution in [0.2, 0.25) is 0 Å². The molecule has 4 nitrogen and oxygen atoms in total. The lowest BCUT2D eigenvalue weighted by Gasteiger charge is -2.14. The van der Waals surface area contributed by atoms with Crippen molar-refractivity contribution in [2.75, 3.05) is 24.3 Å². The fourth-order valence-corrected chi connectivity index (χ4v) is 1.83. The summed E-state index contributed by atoms with van der Waals surface area (Å²) in [5.74, 6) is 2.70. The summed E-state index contributed by atoms with van der Waals surface area (Å²) in [5.41, 5.74) is 0.951. The average molecular weight is 258 g/mol. The molecule has 0 aliphatic rings. The molecule has 1 N–H and O–H groups in total. The lowest BCUT2D eigenvalue weighted by atomic mass is 10.1. The highest BCUT2D eigenvalue weighted by Crippen LogP contribution is 2.20. The van der Waals surface area contributed by atoms with Crippen molar-refractivity contribution < 1.29 is 4.74 Å². The fraction of sp³-hybridized carbons (Fsp3) is 0.667. The van der Waals surface area contributed by atoms with Gasteiger partial charge in [0.05, 0.1) is 12.2 Å². The molecule has 0 saturated carbocycles. The molecule has 1 aromatic rings. The predicted octanol–water partition coefficient (Wildman–Crippen LogP) is 2.86. The van der Waals surface area contributed by atoms with Gasteiger partial charge in [-0.05, 0) is 26.2 Å². The second kappa shape index (κ2) is 7.33. The highest BCUT2D eigenvalue weighted by Gasteiger charge is 2.08. The van der Waals surface area contributed by atoms with Crippen molar-refractivity contribution in [3.05, 3.63) is 11.9 Å². The van der Waals surface area contributed by atoms with E-state index in [9.17, 15) is 0 Å². The van der Waals surface area contributed by atoms with E-state index in [1.165, 1.54) is 6.33 Å². The Morgan fingerprint density at radius 2 is 2.24 bits per heavy atom. The standard InChI is InChI=1S/C12H20ClN3O/c1-4-17-12-10(3)11(15-8-16-12)14-7-9(2)5-6-13/h8-9H,4-7H2,1-3H3,(H,14,15,16). The number of alkyl halides is 1. The molecule has 0 bridgehead atoms. The molecule has 1 aromatic heterocycles. The van der Waals surface area contributed by atoms with Crippen molar-refractivity contribution in [1.29, 1.82) is 0 Å². The highest BCUT2D eigenvalue weighted by atomic mass is 35.5. The highest BCUT2D eigenvalue weighted by molar-refractivity contribution is 6.17. The van der Waals surface area contributed by atoms with Gasteiger partial charge in [0, 0.05) is 12.4 Å². The molecule has 0 radical (unpaired) electrons. The van der Waals surface area contributed by atoms with Gasteiger partial charge in [0.1, 0.15) is 12.1 Å². The van der Waals surface area contributed by atoms with Gasteiger partial charge in [0.15, 0.2) is 0 Å². The third kappa shape index (κ3) is 4.38. The van der Waals surface area contributed by atoms with E-state index >= 15 is 0 Å². The van der Waals surface area contributed by atoms with Crippen LogP contribution in [0.5, 0.6) is 5.88 Å². The van der Waals surface area contributed by atoms with E-state index in [2.05, 4.69) is 22.2 Å². The van der Waals surface area contributed by atoms with Gasteiger partial charge >= 0.3 is 0 Å². The average Bonchev–Trinajstić information content (AvgIpc) is 2.31. The molecular weight excluding hydrogens is 238 g/mol. The Bertz CT molecular complexity index is 347. The molecule has 0 spiro atoms. The number of ether oxygens (including phenoxy) is 1. The molecule has 0 fully saturated rings. The maximum Gasteiger partial charge on any atom is 0.221 e. The van der Waals surface area contributed by atoms with E-state index < -0.39 is 0 Å². The number of hydrogen-bond donors (Lipinski definition) is 1. The van der Waals surface area contributed by atoms with Crippen LogP contribution >= 0.6 is 11.6 Å². The predicted molar refractivity (Wildman–Crippen MR) is 70.9 cm³/mol. The number of nitrogens with zero attached hydrogens (tertiary/aromatic N) is 2. The fourth-order valence-electron chi connectivity index (χ4n) is 1.45. The molecule has 0 amide bonds. The molecule has 0 aliphatic carbocycles. The van der Waals surface area contributed by atoms with Crippen LogP contribution in [0.1, 0.15) is 25.8 Å². The molecule has 0 saturated heterocycles. The Hall–Kier alpha value is -1.03. The van der Waals surface area contributed by atoms with Gasteiger partial charge in [0.25, 0.3) is 0 Å². The summed E-state index contributed by atoms with van der Waals surface area (Å²) in [5, 5.41) is 3.31. The number of aromatic nitrogens is 2. The van der Waals surface area contributed by atoms with Gasteiger partial charge in [-0.25, -0.2) is 9.97 Å². The van der Waals surface area contributed by atoms with Crippen LogP contribution in [0.4, 0.5) is 5.82 Å². The van der Waals surface area contributed by atoms with Gasteiger partial charge in [-0.2, -0.15) is 0 Å². The van der Waals surface area contributed by atoms with Crippen LogP contribution < -0.4 is 10.1 Å². The van der Waals surface area contributed by atoms with E-state index in [1.54, 1.807) is 0 Å². The van der Waals surface area contributed by atoms with Gasteiger partial charge in [-0.1, -0.05) is 6.92 Å². The van der Waals surface area contributed by atoms with Crippen LogP contribution in [-0.2, 0) is 0 Å². The van der Waals surface area contributed by atoms with Gasteiger partial charge in [-0.15, -0.1) is 11.6 Å². The SMILES string of the molecule is CCOc1ncnc(NCC(C)CCCl)c1C. The third-order valence-corrected chi connectivity index (χ3v) is 2.76. The second-order valence-corrected chi connectivity index (χ2v) is 4.43. The summed E-state index contributed by atoms with van der Waals surface area (Å²) in [4.78, 5) is 8.32. The van der Waals surface area contributed by atoms with Crippen LogP contribution in [0.25, 0.3) is 0 Å². The number of hydrogen-bond acceptors (Lipinski definition) is 4. The van der Waals surface area contributed by atoms with Crippen LogP contribution in [-0.4, -0.2) is 29.0 Å². The Morgan fingerprint density at radius 1 is 1.47 bits per heavy atom. The first-order valence-corrected chi connectivity index (χ1v) is 6.46. The summed E-state index contributed by atoms with van der Waals surface area (Å²) in [6.07, 6.45) is 2.52. The Morgan fingerprint density at radius 3 is 2.88 bits per heavy atom. The molecule has 0 aliphatic heterocycles. The molecule has 1 unspecified atom stereocenters. The molecule has 0 aromatic carbocycles. The smallest absolute Gasteiger partial charge is 0.221 e. The minimum absolute atomic E-state index is 0.525. The van der Waals surface area contributed by atoms with Crippen LogP contribution in [0, 0.1) is 12.8 Å². The largest absolute Gasteiger partial charge is 0.478 e. The van der Waals surface area contributed by atoms with E-state index in [-0.39, 0.29) is 0 Å². The molecule has 1 heterocycles. The number of halogens is 1. The molecule has 1 atom stereocenters. The van der Waals surface area contributed by atoms with Crippen LogP contribution in [0.3, 0.4) is 0 Å². The number of nitrogens with one attached hydrogen (secondary N) is 1. The zero-order valence-corrected chi connectivity index (χ0v) is 11.4. The van der Waals surface area contributed by atoms with Crippen molar-refractivity contribution in [3.63, 3.8) is 0 Å². The van der Waals surface area contributed by atoms with Crippen molar-refractivity contribution in [2.45, 2.75) is 27.2 Å². The quantitative estimate of drug-likeness (QED) is 0.763. The molecule has 1 rings (SSSR count). The van der Waals surface area contributed by atoms with E-state index in [4.69, 9.17) is 16.3 Å². The van der Waals surface area contributed by atoms with Crippen molar-refractivity contribution in [1.82, 2.24) is 9.97 Å². The van der Waals surface area contributed by atoms with Crippen molar-refractivity contribution in [3.8, 4) is 5.88 Å². The first-order valence-electron chi connectivity index (χ1n) is 5.93. The monoisotopic (exact) mass is 257 g/mol. The van der Waals surface area contributed by atoms with Gasteiger partial charge in [0.2, 0.25) is 5.88 Å². The summed E-state index contributed by atoms with van der Waals surface area (Å²) in [6.45, 7) is 7.53. The normalized spacial score (nSPS) is 12.2. The maximum atomic E-state index is 5.70. The van der Waals surface area contributed by atoms with E-state index in [0.29, 0.717) is 24.3 Å². The third-order valence-electron chi connectivity index (χ3n) is 2.54. The lowest BCUT2D eigenvalue weighted by Crippen LogP contribution is -2.14. The molecule has 96 valence electrons. The molecule has 5 heteroatoms. The first kappa shape index (κ1) is 14.0. The maximum absolute atomic E-state index is 5.70. The molecular formula is C12H20ClN3O. The van der Waals surface area contributed by atoms with E-state index in [1.807, 2.05) is 13.8 Å². The number of anilines is 1. The topological polar surface area (TPSA) is 47.0 Å². The summed E-state index contributed by atoms with van der Waals surface area (Å²) >= 11 is 5.70. The van der Waals surface area contributed by atoms with Crippen molar-refractivity contribution in [2.24, 2.45) is 5.92 Å². The zero-order valence-electron chi connectivity index (χ0n) is 10.7. The minimum Gasteiger partial charge on any atom is -0.478 e. The Labute approximate surface area is 108 Å². The van der Waals surface area contributed by atoms with Gasteiger partial charge in [-0.3, -0.25) is 0 Å². The summed E-state index contributed by atoms with van der Waals surface area (Å²) < 4.78 is 5.42. The molecule has 17 heavy (non-hydrogen) atoms. The number of rotatable bonds is 7. The summed E-state index contributed by atoms with van der Waals surface area (Å²) in [7, 11) is 0. The lowest BCUT2D eigenvalue weighted by molar-refractivity contribution is 0.324. The van der Waals surface area contributed by atoms with Gasteiger partial charge < -0.3 is 10.1 Å². The summed E-state index contributed by atoms with van der Waals surface area (Å²) in [6, 6.07) is 0. The second-order valence-electron chi connectivity index (χ2n) is 4.05. The first-order chi connectivity index (χ1) is 8.19. The Balaban J connectivity index is 2.61. The Kier molecular flexibility index (Phi) is 6.05. The van der Waals surface area contributed by atoms with Crippen LogP contribution in [0.15, 0.2) is 6.33 Å². The van der Waals surface area contributed by atoms with E-state index in [0.717, 1.165) is 24.3 Å². The van der Waals surface area contributed by atoms with Crippen molar-refractivity contribution >= 4 is 17.4 Å². The minimum atomic E-state index is 0.525.